The Balaban J connectivity index is 1.78. The molecular formula is C15H10ClFN4O2S2. The zero-order valence-electron chi connectivity index (χ0n) is 12.8. The summed E-state index contributed by atoms with van der Waals surface area (Å²) < 4.78 is 22.7. The Labute approximate surface area is 155 Å². The van der Waals surface area contributed by atoms with Crippen LogP contribution < -0.4 is 0 Å². The van der Waals surface area contributed by atoms with Gasteiger partial charge in [-0.05, 0) is 29.9 Å². The Bertz CT molecular complexity index is 885. The molecule has 0 bridgehead atoms. The molecule has 10 heteroatoms. The normalized spacial score (nSPS) is 10.7. The summed E-state index contributed by atoms with van der Waals surface area (Å²) in [5.74, 6) is -1.21. The molecule has 0 aliphatic heterocycles. The average Bonchev–Trinajstić information content (AvgIpc) is 3.11. The van der Waals surface area contributed by atoms with Crippen LogP contribution in [0.15, 0.2) is 35.7 Å². The number of nitrogens with zero attached hydrogens (tertiary/aromatic N) is 4. The number of thioether (sulfide) groups is 1. The zero-order chi connectivity index (χ0) is 17.8. The van der Waals surface area contributed by atoms with Crippen LogP contribution in [0.25, 0.3) is 11.3 Å². The lowest BCUT2D eigenvalue weighted by atomic mass is 10.2. The molecule has 0 radical (unpaired) electrons. The van der Waals surface area contributed by atoms with Crippen molar-refractivity contribution >= 4 is 40.9 Å². The van der Waals surface area contributed by atoms with Crippen LogP contribution in [0.4, 0.5) is 4.39 Å². The van der Waals surface area contributed by atoms with Gasteiger partial charge < -0.3 is 4.74 Å². The number of hydrogen-bond donors (Lipinski definition) is 0. The molecule has 0 aliphatic carbocycles. The summed E-state index contributed by atoms with van der Waals surface area (Å²) in [6.45, 7) is -0.288. The summed E-state index contributed by atoms with van der Waals surface area (Å²) in [7, 11) is 0. The van der Waals surface area contributed by atoms with E-state index in [1.165, 1.54) is 30.0 Å². The number of benzene rings is 1. The first-order valence-electron chi connectivity index (χ1n) is 6.89. The van der Waals surface area contributed by atoms with E-state index in [0.29, 0.717) is 16.4 Å². The molecule has 128 valence electrons. The second-order valence-electron chi connectivity index (χ2n) is 4.69. The van der Waals surface area contributed by atoms with Gasteiger partial charge in [0.1, 0.15) is 18.1 Å². The highest BCUT2D eigenvalue weighted by Gasteiger charge is 2.21. The molecule has 3 aromatic rings. The molecule has 25 heavy (non-hydrogen) atoms. The number of hydrogen-bond acceptors (Lipinski definition) is 8. The van der Waals surface area contributed by atoms with Crippen LogP contribution in [0.3, 0.4) is 0 Å². The number of carbonyl (C=O) groups excluding carboxylic acids is 1. The van der Waals surface area contributed by atoms with Crippen molar-refractivity contribution in [1.82, 2.24) is 19.6 Å². The molecule has 0 fully saturated rings. The van der Waals surface area contributed by atoms with Crippen molar-refractivity contribution in [2.45, 2.75) is 11.8 Å². The predicted octanol–water partition coefficient (Wildman–Crippen LogP) is 3.87. The van der Waals surface area contributed by atoms with Gasteiger partial charge in [0, 0.05) is 23.5 Å². The molecule has 0 spiro atoms. The quantitative estimate of drug-likeness (QED) is 0.368. The lowest BCUT2D eigenvalue weighted by Crippen LogP contribution is -2.06. The summed E-state index contributed by atoms with van der Waals surface area (Å²) in [6.07, 6.45) is 4.97. The van der Waals surface area contributed by atoms with Crippen molar-refractivity contribution in [2.75, 3.05) is 6.26 Å². The highest BCUT2D eigenvalue weighted by Crippen LogP contribution is 2.26. The number of carbonyl (C=O) groups is 1. The van der Waals surface area contributed by atoms with Gasteiger partial charge in [-0.1, -0.05) is 33.9 Å². The first-order valence-corrected chi connectivity index (χ1v) is 9.26. The van der Waals surface area contributed by atoms with Gasteiger partial charge >= 0.3 is 5.97 Å². The molecule has 0 saturated carbocycles. The summed E-state index contributed by atoms with van der Waals surface area (Å²) in [6, 6.07) is 4.25. The number of halogens is 2. The van der Waals surface area contributed by atoms with Crippen molar-refractivity contribution in [3.63, 3.8) is 0 Å². The molecule has 0 N–H and O–H groups in total. The smallest absolute Gasteiger partial charge is 0.352 e. The molecule has 3 rings (SSSR count). The molecule has 0 saturated heterocycles. The maximum absolute atomic E-state index is 13.7. The van der Waals surface area contributed by atoms with E-state index < -0.39 is 11.8 Å². The molecule has 0 aliphatic rings. The van der Waals surface area contributed by atoms with E-state index in [9.17, 15) is 9.18 Å². The van der Waals surface area contributed by atoms with Crippen molar-refractivity contribution in [1.29, 1.82) is 0 Å². The second-order valence-corrected chi connectivity index (χ2v) is 6.62. The molecule has 0 unspecified atom stereocenters. The maximum atomic E-state index is 13.7. The lowest BCUT2D eigenvalue weighted by molar-refractivity contribution is 0.0475. The van der Waals surface area contributed by atoms with Crippen molar-refractivity contribution in [3.8, 4) is 11.3 Å². The fourth-order valence-electron chi connectivity index (χ4n) is 1.93. The van der Waals surface area contributed by atoms with Crippen LogP contribution in [-0.4, -0.2) is 31.8 Å². The van der Waals surface area contributed by atoms with Gasteiger partial charge in [0.05, 0.1) is 5.02 Å². The van der Waals surface area contributed by atoms with Crippen molar-refractivity contribution in [2.24, 2.45) is 0 Å². The largest absolute Gasteiger partial charge is 0.456 e. The van der Waals surface area contributed by atoms with Crippen LogP contribution in [0.2, 0.25) is 5.02 Å². The van der Waals surface area contributed by atoms with Gasteiger partial charge in [-0.25, -0.2) is 19.2 Å². The zero-order valence-corrected chi connectivity index (χ0v) is 15.2. The fraction of sp³-hybridized carbons (Fsp3) is 0.133. The van der Waals surface area contributed by atoms with Gasteiger partial charge in [-0.3, -0.25) is 0 Å². The van der Waals surface area contributed by atoms with E-state index >= 15 is 0 Å². The molecular weight excluding hydrogens is 387 g/mol. The minimum absolute atomic E-state index is 0.115. The van der Waals surface area contributed by atoms with Crippen LogP contribution >= 0.6 is 34.9 Å². The molecule has 2 aromatic heterocycles. The summed E-state index contributed by atoms with van der Waals surface area (Å²) in [5.41, 5.74) is 0.980. The number of rotatable bonds is 5. The third-order valence-electron chi connectivity index (χ3n) is 3.17. The lowest BCUT2D eigenvalue weighted by Gasteiger charge is -2.07. The minimum atomic E-state index is -0.668. The first kappa shape index (κ1) is 17.7. The maximum Gasteiger partial charge on any atom is 0.352 e. The number of esters is 1. The number of ether oxygens (including phenoxy) is 1. The standard InChI is InChI=1S/C15H10ClFN4O2S2/c1-24-15-18-5-8(6-19-15)12-13(25-21-20-12)14(22)23-7-9-10(16)3-2-4-11(9)17/h2-6H,7H2,1H3. The third kappa shape index (κ3) is 3.94. The molecule has 2 heterocycles. The van der Waals surface area contributed by atoms with Gasteiger partial charge in [0.15, 0.2) is 10.0 Å². The highest BCUT2D eigenvalue weighted by molar-refractivity contribution is 7.98. The Morgan fingerprint density at radius 2 is 2.12 bits per heavy atom. The second kappa shape index (κ2) is 7.85. The Morgan fingerprint density at radius 1 is 1.36 bits per heavy atom. The van der Waals surface area contributed by atoms with Gasteiger partial charge in [-0.2, -0.15) is 0 Å². The van der Waals surface area contributed by atoms with Gasteiger partial charge in [0.2, 0.25) is 0 Å². The highest BCUT2D eigenvalue weighted by atomic mass is 35.5. The Hall–Kier alpha value is -2.10. The van der Waals surface area contributed by atoms with Gasteiger partial charge in [-0.15, -0.1) is 5.10 Å². The van der Waals surface area contributed by atoms with E-state index in [1.54, 1.807) is 12.4 Å². The van der Waals surface area contributed by atoms with E-state index in [0.717, 1.165) is 11.5 Å². The van der Waals surface area contributed by atoms with Crippen molar-refractivity contribution < 1.29 is 13.9 Å². The summed E-state index contributed by atoms with van der Waals surface area (Å²) >= 11 is 8.20. The molecule has 0 atom stereocenters. The Morgan fingerprint density at radius 3 is 2.80 bits per heavy atom. The molecule has 0 amide bonds. The van der Waals surface area contributed by atoms with Crippen LogP contribution in [0, 0.1) is 5.82 Å². The van der Waals surface area contributed by atoms with E-state index in [2.05, 4.69) is 19.6 Å². The summed E-state index contributed by atoms with van der Waals surface area (Å²) in [4.78, 5) is 20.8. The van der Waals surface area contributed by atoms with Crippen molar-refractivity contribution in [3.05, 3.63) is 51.9 Å². The third-order valence-corrected chi connectivity index (χ3v) is 4.80. The minimum Gasteiger partial charge on any atom is -0.456 e. The monoisotopic (exact) mass is 396 g/mol. The van der Waals surface area contributed by atoms with E-state index in [1.807, 2.05) is 6.26 Å². The van der Waals surface area contributed by atoms with Crippen LogP contribution in [-0.2, 0) is 11.3 Å². The average molecular weight is 397 g/mol. The van der Waals surface area contributed by atoms with Gasteiger partial charge in [0.25, 0.3) is 0 Å². The predicted molar refractivity (Wildman–Crippen MR) is 93.2 cm³/mol. The topological polar surface area (TPSA) is 77.9 Å². The summed E-state index contributed by atoms with van der Waals surface area (Å²) in [5, 5.41) is 4.73. The van der Waals surface area contributed by atoms with Crippen LogP contribution in [0.5, 0.6) is 0 Å². The molecule has 1 aromatic carbocycles. The SMILES string of the molecule is CSc1ncc(-c2nnsc2C(=O)OCc2c(F)cccc2Cl)cn1. The Kier molecular flexibility index (Phi) is 5.57. The van der Waals surface area contributed by atoms with Crippen LogP contribution in [0.1, 0.15) is 15.2 Å². The first-order chi connectivity index (χ1) is 12.1. The molecule has 6 nitrogen and oxygen atoms in total. The number of aromatic nitrogens is 4. The van der Waals surface area contributed by atoms with E-state index in [-0.39, 0.29) is 22.1 Å². The fourth-order valence-corrected chi connectivity index (χ4v) is 3.05. The van der Waals surface area contributed by atoms with E-state index in [4.69, 9.17) is 16.3 Å².